The van der Waals surface area contributed by atoms with Crippen LogP contribution in [0.2, 0.25) is 5.02 Å². The number of rotatable bonds is 3. The van der Waals surface area contributed by atoms with Crippen LogP contribution in [0.3, 0.4) is 0 Å². The highest BCUT2D eigenvalue weighted by Gasteiger charge is 2.59. The highest BCUT2D eigenvalue weighted by atomic mass is 35.5. The molecule has 6 nitrogen and oxygen atoms in total. The molecule has 2 aromatic rings. The van der Waals surface area contributed by atoms with Crippen molar-refractivity contribution in [3.8, 4) is 0 Å². The van der Waals surface area contributed by atoms with Crippen molar-refractivity contribution in [1.29, 1.82) is 0 Å². The SMILES string of the molecule is Cc1cc(C2=NOCC(c3cc(Cl)cc(C(F)(F)F)c3)(C(F)(F)F)C2)ccc1C(=O)N1CNC(=O)C1. The van der Waals surface area contributed by atoms with Crippen LogP contribution < -0.4 is 5.32 Å². The van der Waals surface area contributed by atoms with Crippen LogP contribution in [-0.2, 0) is 21.2 Å². The van der Waals surface area contributed by atoms with E-state index in [1.54, 1.807) is 6.92 Å². The predicted octanol–water partition coefficient (Wildman–Crippen LogP) is 4.82. The topological polar surface area (TPSA) is 71.0 Å². The molecular formula is C23H18ClF6N3O3. The summed E-state index contributed by atoms with van der Waals surface area (Å²) in [5.41, 5.74) is -4.18. The monoisotopic (exact) mass is 533 g/mol. The Hall–Kier alpha value is -3.28. The molecule has 1 saturated heterocycles. The third-order valence-corrected chi connectivity index (χ3v) is 6.37. The Morgan fingerprint density at radius 1 is 1.14 bits per heavy atom. The van der Waals surface area contributed by atoms with Crippen molar-refractivity contribution >= 4 is 29.1 Å². The zero-order valence-electron chi connectivity index (χ0n) is 18.6. The maximum Gasteiger partial charge on any atom is 0.416 e. The molecule has 0 bridgehead atoms. The van der Waals surface area contributed by atoms with Gasteiger partial charge in [0.25, 0.3) is 5.91 Å². The first kappa shape index (κ1) is 25.8. The van der Waals surface area contributed by atoms with E-state index in [1.165, 1.54) is 23.1 Å². The minimum atomic E-state index is -5.01. The van der Waals surface area contributed by atoms with Gasteiger partial charge in [-0.25, -0.2) is 0 Å². The molecule has 0 spiro atoms. The van der Waals surface area contributed by atoms with Crippen LogP contribution in [-0.4, -0.2) is 48.4 Å². The zero-order chi connectivity index (χ0) is 26.5. The molecule has 2 aliphatic rings. The first-order valence-electron chi connectivity index (χ1n) is 10.5. The molecule has 0 radical (unpaired) electrons. The third kappa shape index (κ3) is 4.73. The lowest BCUT2D eigenvalue weighted by Gasteiger charge is -2.38. The highest BCUT2D eigenvalue weighted by Crippen LogP contribution is 2.48. The van der Waals surface area contributed by atoms with E-state index in [-0.39, 0.29) is 36.0 Å². The smallest absolute Gasteiger partial charge is 0.394 e. The second kappa shape index (κ2) is 8.99. The van der Waals surface area contributed by atoms with Gasteiger partial charge in [0.15, 0.2) is 0 Å². The van der Waals surface area contributed by atoms with Crippen LogP contribution in [0.15, 0.2) is 41.6 Å². The van der Waals surface area contributed by atoms with Gasteiger partial charge in [0, 0.05) is 17.0 Å². The number of carbonyl (C=O) groups is 2. The average Bonchev–Trinajstić information content (AvgIpc) is 3.23. The summed E-state index contributed by atoms with van der Waals surface area (Å²) in [5.74, 6) is -0.757. The first-order chi connectivity index (χ1) is 16.7. The molecule has 0 aliphatic carbocycles. The standard InChI is InChI=1S/C23H18ClF6N3O3/c1-12-4-13(2-3-17(12)20(35)33-9-19(34)31-11-33)18-8-21(10-36-32-18,23(28,29)30)14-5-15(22(25,26)27)7-16(24)6-14/h2-7H,8-11H2,1H3,(H,31,34). The number of alkyl halides is 6. The molecule has 2 aromatic carbocycles. The fourth-order valence-corrected chi connectivity index (χ4v) is 4.41. The molecule has 192 valence electrons. The van der Waals surface area contributed by atoms with Crippen LogP contribution in [0.4, 0.5) is 26.3 Å². The zero-order valence-corrected chi connectivity index (χ0v) is 19.3. The molecule has 0 aromatic heterocycles. The molecule has 1 N–H and O–H groups in total. The molecule has 2 aliphatic heterocycles. The van der Waals surface area contributed by atoms with Crippen LogP contribution in [0.1, 0.15) is 39.0 Å². The lowest BCUT2D eigenvalue weighted by Crippen LogP contribution is -2.49. The van der Waals surface area contributed by atoms with Crippen LogP contribution in [0, 0.1) is 6.92 Å². The van der Waals surface area contributed by atoms with Crippen molar-refractivity contribution in [2.45, 2.75) is 31.1 Å². The summed E-state index contributed by atoms with van der Waals surface area (Å²) >= 11 is 5.77. The van der Waals surface area contributed by atoms with Gasteiger partial charge >= 0.3 is 12.4 Å². The maximum absolute atomic E-state index is 14.4. The number of aryl methyl sites for hydroxylation is 1. The molecule has 1 atom stereocenters. The summed E-state index contributed by atoms with van der Waals surface area (Å²) in [6, 6.07) is 6.02. The van der Waals surface area contributed by atoms with Gasteiger partial charge < -0.3 is 15.1 Å². The van der Waals surface area contributed by atoms with Gasteiger partial charge in [-0.2, -0.15) is 26.3 Å². The third-order valence-electron chi connectivity index (χ3n) is 6.15. The van der Waals surface area contributed by atoms with Gasteiger partial charge in [0.05, 0.1) is 17.9 Å². The maximum atomic E-state index is 14.4. The fraction of sp³-hybridized carbons (Fsp3) is 0.348. The Morgan fingerprint density at radius 2 is 1.86 bits per heavy atom. The lowest BCUT2D eigenvalue weighted by atomic mass is 9.74. The Balaban J connectivity index is 1.70. The van der Waals surface area contributed by atoms with Crippen molar-refractivity contribution in [3.05, 3.63) is 69.2 Å². The van der Waals surface area contributed by atoms with Crippen LogP contribution >= 0.6 is 11.6 Å². The molecule has 4 rings (SSSR count). The first-order valence-corrected chi connectivity index (χ1v) is 10.9. The molecule has 1 fully saturated rings. The van der Waals surface area contributed by atoms with Gasteiger partial charge in [-0.15, -0.1) is 0 Å². The number of hydrogen-bond acceptors (Lipinski definition) is 4. The minimum Gasteiger partial charge on any atom is -0.394 e. The average molecular weight is 534 g/mol. The van der Waals surface area contributed by atoms with Crippen molar-refractivity contribution in [2.75, 3.05) is 19.8 Å². The van der Waals surface area contributed by atoms with E-state index in [0.717, 1.165) is 6.07 Å². The van der Waals surface area contributed by atoms with Crippen LogP contribution in [0.25, 0.3) is 0 Å². The number of halogens is 7. The van der Waals surface area contributed by atoms with Gasteiger partial charge in [0.2, 0.25) is 5.91 Å². The Bertz CT molecular complexity index is 1260. The second-order valence-electron chi connectivity index (χ2n) is 8.59. The van der Waals surface area contributed by atoms with E-state index >= 15 is 0 Å². The van der Waals surface area contributed by atoms with Crippen molar-refractivity contribution in [3.63, 3.8) is 0 Å². The highest BCUT2D eigenvalue weighted by molar-refractivity contribution is 6.30. The Labute approximate surface area is 205 Å². The summed E-state index contributed by atoms with van der Waals surface area (Å²) in [5, 5.41) is 5.75. The normalized spacial score (nSPS) is 20.6. The van der Waals surface area contributed by atoms with E-state index in [9.17, 15) is 35.9 Å². The van der Waals surface area contributed by atoms with E-state index in [4.69, 9.17) is 16.4 Å². The molecule has 36 heavy (non-hydrogen) atoms. The van der Waals surface area contributed by atoms with Gasteiger partial charge in [-0.1, -0.05) is 22.8 Å². The summed E-state index contributed by atoms with van der Waals surface area (Å²) in [4.78, 5) is 30.3. The lowest BCUT2D eigenvalue weighted by molar-refractivity contribution is -0.207. The van der Waals surface area contributed by atoms with Gasteiger partial charge in [-0.3, -0.25) is 9.59 Å². The summed E-state index contributed by atoms with van der Waals surface area (Å²) < 4.78 is 83.3. The number of carbonyl (C=O) groups excluding carboxylic acids is 2. The van der Waals surface area contributed by atoms with Gasteiger partial charge in [-0.05, 0) is 53.9 Å². The number of amides is 2. The largest absolute Gasteiger partial charge is 0.416 e. The van der Waals surface area contributed by atoms with Crippen molar-refractivity contribution in [2.24, 2.45) is 5.16 Å². The molecular weight excluding hydrogens is 516 g/mol. The van der Waals surface area contributed by atoms with E-state index < -0.39 is 52.9 Å². The second-order valence-corrected chi connectivity index (χ2v) is 9.02. The molecule has 13 heteroatoms. The van der Waals surface area contributed by atoms with E-state index in [0.29, 0.717) is 17.7 Å². The van der Waals surface area contributed by atoms with Crippen molar-refractivity contribution in [1.82, 2.24) is 10.2 Å². The fourth-order valence-electron chi connectivity index (χ4n) is 4.17. The molecule has 2 amide bonds. The van der Waals surface area contributed by atoms with E-state index in [2.05, 4.69) is 10.5 Å². The number of benzene rings is 2. The Kier molecular flexibility index (Phi) is 6.44. The molecule has 0 saturated carbocycles. The quantitative estimate of drug-likeness (QED) is 0.575. The molecule has 1 unspecified atom stereocenters. The molecule has 2 heterocycles. The van der Waals surface area contributed by atoms with Crippen molar-refractivity contribution < 1.29 is 40.8 Å². The number of nitrogens with zero attached hydrogens (tertiary/aromatic N) is 2. The van der Waals surface area contributed by atoms with Gasteiger partial charge in [0.1, 0.15) is 18.6 Å². The Morgan fingerprint density at radius 3 is 2.44 bits per heavy atom. The van der Waals surface area contributed by atoms with E-state index in [1.807, 2.05) is 0 Å². The summed E-state index contributed by atoms with van der Waals surface area (Å²) in [6.07, 6.45) is -10.7. The number of hydrogen-bond donors (Lipinski definition) is 1. The summed E-state index contributed by atoms with van der Waals surface area (Å²) in [6.45, 7) is 0.445. The minimum absolute atomic E-state index is 0.0348. The predicted molar refractivity (Wildman–Crippen MR) is 117 cm³/mol. The number of oxime groups is 1. The number of nitrogens with one attached hydrogen (secondary N) is 1. The summed E-state index contributed by atoms with van der Waals surface area (Å²) in [7, 11) is 0. The van der Waals surface area contributed by atoms with Crippen LogP contribution in [0.5, 0.6) is 0 Å².